The van der Waals surface area contributed by atoms with E-state index in [9.17, 15) is 5.11 Å². The zero-order valence-corrected chi connectivity index (χ0v) is 12.2. The van der Waals surface area contributed by atoms with Gasteiger partial charge < -0.3 is 15.2 Å². The first-order valence-corrected chi connectivity index (χ1v) is 7.32. The Kier molecular flexibility index (Phi) is 5.03. The van der Waals surface area contributed by atoms with Crippen molar-refractivity contribution in [1.29, 1.82) is 0 Å². The van der Waals surface area contributed by atoms with Gasteiger partial charge >= 0.3 is 0 Å². The maximum absolute atomic E-state index is 10.5. The molecule has 1 unspecified atom stereocenters. The number of hydrogen-bond acceptors (Lipinski definition) is 3. The molecule has 2 rings (SSSR count). The molecule has 0 amide bonds. The molecule has 3 nitrogen and oxygen atoms in total. The number of aliphatic hydroxyl groups is 1. The lowest BCUT2D eigenvalue weighted by Gasteiger charge is -2.28. The molecule has 0 spiro atoms. The largest absolute Gasteiger partial charge is 0.493 e. The zero-order valence-electron chi connectivity index (χ0n) is 10.7. The molecule has 1 aliphatic heterocycles. The van der Waals surface area contributed by atoms with E-state index < -0.39 is 6.10 Å². The van der Waals surface area contributed by atoms with Gasteiger partial charge in [0.2, 0.25) is 0 Å². The lowest BCUT2D eigenvalue weighted by Crippen LogP contribution is -2.31. The fourth-order valence-electron chi connectivity index (χ4n) is 2.45. The summed E-state index contributed by atoms with van der Waals surface area (Å²) < 4.78 is 6.59. The molecule has 1 aromatic carbocycles. The molecule has 0 saturated carbocycles. The minimum atomic E-state index is -0.439. The van der Waals surface area contributed by atoms with Crippen molar-refractivity contribution < 1.29 is 9.84 Å². The number of piperidine rings is 1. The Morgan fingerprint density at radius 3 is 2.83 bits per heavy atom. The molecule has 0 bridgehead atoms. The van der Waals surface area contributed by atoms with Crippen LogP contribution in [0.4, 0.5) is 0 Å². The Bertz CT molecular complexity index is 391. The zero-order chi connectivity index (χ0) is 13.0. The summed E-state index contributed by atoms with van der Waals surface area (Å²) in [6.45, 7) is 4.55. The SMILES string of the molecule is CCOc1ccc(Br)cc1C(O)C1CCNCC1. The molecule has 2 N–H and O–H groups in total. The lowest BCUT2D eigenvalue weighted by atomic mass is 9.88. The summed E-state index contributed by atoms with van der Waals surface area (Å²) in [7, 11) is 0. The van der Waals surface area contributed by atoms with Crippen LogP contribution in [0.5, 0.6) is 5.75 Å². The van der Waals surface area contributed by atoms with Crippen LogP contribution in [0.3, 0.4) is 0 Å². The molecule has 0 aromatic heterocycles. The molecule has 1 aromatic rings. The Labute approximate surface area is 117 Å². The monoisotopic (exact) mass is 313 g/mol. The van der Waals surface area contributed by atoms with Crippen LogP contribution in [0.2, 0.25) is 0 Å². The van der Waals surface area contributed by atoms with Crippen molar-refractivity contribution in [3.63, 3.8) is 0 Å². The standard InChI is InChI=1S/C14H20BrNO2/c1-2-18-13-4-3-11(15)9-12(13)14(17)10-5-7-16-8-6-10/h3-4,9-10,14,16-17H,2,5-8H2,1H3. The second kappa shape index (κ2) is 6.55. The predicted molar refractivity (Wildman–Crippen MR) is 75.9 cm³/mol. The molecule has 100 valence electrons. The van der Waals surface area contributed by atoms with Crippen LogP contribution in [0, 0.1) is 5.92 Å². The highest BCUT2D eigenvalue weighted by Gasteiger charge is 2.25. The number of halogens is 1. The van der Waals surface area contributed by atoms with Gasteiger partial charge in [0.25, 0.3) is 0 Å². The Hall–Kier alpha value is -0.580. The minimum absolute atomic E-state index is 0.319. The second-order valence-electron chi connectivity index (χ2n) is 4.65. The molecule has 0 radical (unpaired) electrons. The first kappa shape index (κ1) is 13.8. The summed E-state index contributed by atoms with van der Waals surface area (Å²) in [5.41, 5.74) is 0.901. The molecule has 1 atom stereocenters. The van der Waals surface area contributed by atoms with E-state index in [1.165, 1.54) is 0 Å². The summed E-state index contributed by atoms with van der Waals surface area (Å²) in [5, 5.41) is 13.9. The summed E-state index contributed by atoms with van der Waals surface area (Å²) in [5.74, 6) is 1.12. The summed E-state index contributed by atoms with van der Waals surface area (Å²) >= 11 is 3.46. The van der Waals surface area contributed by atoms with E-state index in [4.69, 9.17) is 4.74 Å². The smallest absolute Gasteiger partial charge is 0.125 e. The fraction of sp³-hybridized carbons (Fsp3) is 0.571. The average Bonchev–Trinajstić information content (AvgIpc) is 2.41. The maximum atomic E-state index is 10.5. The molecular formula is C14H20BrNO2. The van der Waals surface area contributed by atoms with Gasteiger partial charge in [0.1, 0.15) is 5.75 Å². The first-order chi connectivity index (χ1) is 8.72. The highest BCUT2D eigenvalue weighted by Crippen LogP contribution is 2.35. The van der Waals surface area contributed by atoms with Crippen molar-refractivity contribution in [1.82, 2.24) is 5.32 Å². The molecule has 4 heteroatoms. The van der Waals surface area contributed by atoms with Gasteiger partial charge in [-0.1, -0.05) is 15.9 Å². The number of nitrogens with one attached hydrogen (secondary N) is 1. The maximum Gasteiger partial charge on any atom is 0.125 e. The van der Waals surface area contributed by atoms with Crippen LogP contribution < -0.4 is 10.1 Å². The Balaban J connectivity index is 2.21. The van der Waals surface area contributed by atoms with Crippen LogP contribution in [-0.4, -0.2) is 24.8 Å². The highest BCUT2D eigenvalue weighted by molar-refractivity contribution is 9.10. The molecule has 18 heavy (non-hydrogen) atoms. The minimum Gasteiger partial charge on any atom is -0.493 e. The van der Waals surface area contributed by atoms with E-state index in [1.807, 2.05) is 25.1 Å². The topological polar surface area (TPSA) is 41.5 Å². The van der Waals surface area contributed by atoms with Crippen molar-refractivity contribution in [2.45, 2.75) is 25.9 Å². The van der Waals surface area contributed by atoms with Crippen molar-refractivity contribution in [2.24, 2.45) is 5.92 Å². The average molecular weight is 314 g/mol. The first-order valence-electron chi connectivity index (χ1n) is 6.53. The van der Waals surface area contributed by atoms with E-state index >= 15 is 0 Å². The summed E-state index contributed by atoms with van der Waals surface area (Å²) in [4.78, 5) is 0. The van der Waals surface area contributed by atoms with Gasteiger partial charge in [-0.3, -0.25) is 0 Å². The van der Waals surface area contributed by atoms with E-state index in [2.05, 4.69) is 21.2 Å². The third-order valence-electron chi connectivity index (χ3n) is 3.42. The van der Waals surface area contributed by atoms with Crippen LogP contribution in [0.25, 0.3) is 0 Å². The second-order valence-corrected chi connectivity index (χ2v) is 5.56. The van der Waals surface area contributed by atoms with E-state index in [-0.39, 0.29) is 0 Å². The van der Waals surface area contributed by atoms with Gasteiger partial charge in [0, 0.05) is 10.0 Å². The summed E-state index contributed by atoms with van der Waals surface area (Å²) in [6, 6.07) is 5.84. The Morgan fingerprint density at radius 1 is 1.44 bits per heavy atom. The number of aliphatic hydroxyl groups excluding tert-OH is 1. The normalized spacial score (nSPS) is 18.6. The lowest BCUT2D eigenvalue weighted by molar-refractivity contribution is 0.0858. The van der Waals surface area contributed by atoms with Gasteiger partial charge in [0.15, 0.2) is 0 Å². The van der Waals surface area contributed by atoms with E-state index in [1.54, 1.807) is 0 Å². The van der Waals surface area contributed by atoms with Crippen LogP contribution >= 0.6 is 15.9 Å². The Morgan fingerprint density at radius 2 is 2.17 bits per heavy atom. The van der Waals surface area contributed by atoms with E-state index in [0.29, 0.717) is 12.5 Å². The van der Waals surface area contributed by atoms with Crippen LogP contribution in [0.1, 0.15) is 31.4 Å². The van der Waals surface area contributed by atoms with E-state index in [0.717, 1.165) is 41.7 Å². The van der Waals surface area contributed by atoms with Crippen molar-refractivity contribution in [3.05, 3.63) is 28.2 Å². The van der Waals surface area contributed by atoms with Gasteiger partial charge in [-0.15, -0.1) is 0 Å². The molecule has 1 fully saturated rings. The summed E-state index contributed by atoms with van der Waals surface area (Å²) in [6.07, 6.45) is 1.59. The predicted octanol–water partition coefficient (Wildman–Crippen LogP) is 2.88. The van der Waals surface area contributed by atoms with Gasteiger partial charge in [-0.05, 0) is 57.0 Å². The van der Waals surface area contributed by atoms with Crippen molar-refractivity contribution in [3.8, 4) is 5.75 Å². The third-order valence-corrected chi connectivity index (χ3v) is 3.91. The molecule has 1 saturated heterocycles. The number of ether oxygens (including phenoxy) is 1. The van der Waals surface area contributed by atoms with Crippen LogP contribution in [0.15, 0.2) is 22.7 Å². The van der Waals surface area contributed by atoms with Crippen LogP contribution in [-0.2, 0) is 0 Å². The third kappa shape index (κ3) is 3.25. The van der Waals surface area contributed by atoms with Crippen molar-refractivity contribution in [2.75, 3.05) is 19.7 Å². The molecular weight excluding hydrogens is 294 g/mol. The molecule has 0 aliphatic carbocycles. The van der Waals surface area contributed by atoms with Gasteiger partial charge in [0.05, 0.1) is 12.7 Å². The van der Waals surface area contributed by atoms with Crippen molar-refractivity contribution >= 4 is 15.9 Å². The molecule has 1 heterocycles. The fourth-order valence-corrected chi connectivity index (χ4v) is 2.83. The number of rotatable bonds is 4. The number of hydrogen-bond donors (Lipinski definition) is 2. The highest BCUT2D eigenvalue weighted by atomic mass is 79.9. The molecule has 1 aliphatic rings. The van der Waals surface area contributed by atoms with Gasteiger partial charge in [-0.2, -0.15) is 0 Å². The quantitative estimate of drug-likeness (QED) is 0.898. The number of benzene rings is 1. The van der Waals surface area contributed by atoms with Gasteiger partial charge in [-0.25, -0.2) is 0 Å².